The minimum absolute atomic E-state index is 0.0161. The number of nitrogen functional groups attached to an aromatic ring is 1. The molecule has 0 bridgehead atoms. The zero-order valence-electron chi connectivity index (χ0n) is 12.3. The summed E-state index contributed by atoms with van der Waals surface area (Å²) in [5.41, 5.74) is 6.07. The molecule has 1 aromatic carbocycles. The van der Waals surface area contributed by atoms with Gasteiger partial charge < -0.3 is 10.6 Å². The second-order valence-corrected chi connectivity index (χ2v) is 7.44. The van der Waals surface area contributed by atoms with Gasteiger partial charge in [0.2, 0.25) is 10.0 Å². The molecule has 0 saturated carbocycles. The molecule has 1 aliphatic rings. The van der Waals surface area contributed by atoms with Crippen LogP contribution in [0.4, 0.5) is 5.69 Å². The van der Waals surface area contributed by atoms with E-state index in [1.165, 1.54) is 22.5 Å². The largest absolute Gasteiger partial charge is 0.399 e. The van der Waals surface area contributed by atoms with Crippen molar-refractivity contribution in [3.63, 3.8) is 0 Å². The fraction of sp³-hybridized carbons (Fsp3) is 0.500. The Morgan fingerprint density at radius 1 is 1.52 bits per heavy atom. The van der Waals surface area contributed by atoms with Crippen LogP contribution in [0.1, 0.15) is 18.4 Å². The van der Waals surface area contributed by atoms with Gasteiger partial charge in [0.15, 0.2) is 0 Å². The molecular weight excluding hydrogens is 288 g/mol. The molecule has 1 atom stereocenters. The van der Waals surface area contributed by atoms with Gasteiger partial charge in [-0.3, -0.25) is 0 Å². The number of anilines is 1. The molecule has 2 rings (SSSR count). The van der Waals surface area contributed by atoms with Crippen LogP contribution in [0.2, 0.25) is 0 Å². The number of nitrogens with zero attached hydrogens (tertiary/aromatic N) is 3. The van der Waals surface area contributed by atoms with Crippen LogP contribution < -0.4 is 5.73 Å². The van der Waals surface area contributed by atoms with Crippen molar-refractivity contribution in [2.45, 2.75) is 23.8 Å². The van der Waals surface area contributed by atoms with Crippen molar-refractivity contribution < 1.29 is 8.42 Å². The first kappa shape index (κ1) is 15.8. The highest BCUT2D eigenvalue weighted by Crippen LogP contribution is 2.23. The second kappa shape index (κ2) is 6.02. The Kier molecular flexibility index (Phi) is 4.52. The molecule has 1 fully saturated rings. The maximum Gasteiger partial charge on any atom is 0.244 e. The van der Waals surface area contributed by atoms with Crippen LogP contribution in [-0.4, -0.2) is 50.8 Å². The van der Waals surface area contributed by atoms with Gasteiger partial charge in [0, 0.05) is 25.3 Å². The maximum atomic E-state index is 12.6. The van der Waals surface area contributed by atoms with Crippen molar-refractivity contribution in [1.82, 2.24) is 9.21 Å². The van der Waals surface area contributed by atoms with E-state index in [4.69, 9.17) is 11.0 Å². The minimum atomic E-state index is -3.68. The molecule has 1 saturated heterocycles. The van der Waals surface area contributed by atoms with Crippen molar-refractivity contribution in [2.24, 2.45) is 0 Å². The summed E-state index contributed by atoms with van der Waals surface area (Å²) in [5.74, 6) is 0. The molecule has 0 amide bonds. The number of likely N-dealkylation sites (tertiary alicyclic amines) is 1. The lowest BCUT2D eigenvalue weighted by molar-refractivity contribution is 0.271. The summed E-state index contributed by atoms with van der Waals surface area (Å²) < 4.78 is 26.6. The van der Waals surface area contributed by atoms with Gasteiger partial charge in [0.05, 0.1) is 5.56 Å². The van der Waals surface area contributed by atoms with Crippen LogP contribution in [0.25, 0.3) is 0 Å². The first-order valence-corrected chi connectivity index (χ1v) is 8.26. The third-order valence-corrected chi connectivity index (χ3v) is 5.83. The van der Waals surface area contributed by atoms with Gasteiger partial charge in [-0.15, -0.1) is 0 Å². The molecule has 21 heavy (non-hydrogen) atoms. The standard InChI is InChI=1S/C14H20N4O2S/c1-17-7-3-4-13(17)10-18(2)21(19,20)14-6-5-12(16)8-11(14)9-15/h5-6,8,13H,3-4,7,10,16H2,1-2H3. The number of hydrogen-bond acceptors (Lipinski definition) is 5. The van der Waals surface area contributed by atoms with Crippen molar-refractivity contribution in [3.05, 3.63) is 23.8 Å². The molecule has 2 N–H and O–H groups in total. The summed E-state index contributed by atoms with van der Waals surface area (Å²) in [7, 11) is -0.124. The van der Waals surface area contributed by atoms with Crippen LogP contribution in [0, 0.1) is 11.3 Å². The molecule has 7 heteroatoms. The van der Waals surface area contributed by atoms with Gasteiger partial charge >= 0.3 is 0 Å². The van der Waals surface area contributed by atoms with Crippen LogP contribution >= 0.6 is 0 Å². The Hall–Kier alpha value is -1.62. The summed E-state index contributed by atoms with van der Waals surface area (Å²) in [4.78, 5) is 2.18. The third-order valence-electron chi connectivity index (χ3n) is 3.95. The number of benzene rings is 1. The van der Waals surface area contributed by atoms with E-state index >= 15 is 0 Å². The van der Waals surface area contributed by atoms with Gasteiger partial charge in [0.25, 0.3) is 0 Å². The first-order valence-electron chi connectivity index (χ1n) is 6.82. The lowest BCUT2D eigenvalue weighted by Gasteiger charge is -2.25. The number of likely N-dealkylation sites (N-methyl/N-ethyl adjacent to an activating group) is 2. The van der Waals surface area contributed by atoms with Crippen molar-refractivity contribution in [3.8, 4) is 6.07 Å². The molecule has 0 radical (unpaired) electrons. The van der Waals surface area contributed by atoms with Gasteiger partial charge in [-0.2, -0.15) is 9.57 Å². The average Bonchev–Trinajstić information content (AvgIpc) is 2.83. The molecular formula is C14H20N4O2S. The van der Waals surface area contributed by atoms with E-state index in [0.29, 0.717) is 12.2 Å². The fourth-order valence-electron chi connectivity index (χ4n) is 2.63. The molecule has 1 unspecified atom stereocenters. The highest BCUT2D eigenvalue weighted by atomic mass is 32.2. The monoisotopic (exact) mass is 308 g/mol. The smallest absolute Gasteiger partial charge is 0.244 e. The Morgan fingerprint density at radius 3 is 2.81 bits per heavy atom. The Morgan fingerprint density at radius 2 is 2.24 bits per heavy atom. The van der Waals surface area contributed by atoms with Gasteiger partial charge in [-0.25, -0.2) is 8.42 Å². The molecule has 0 aromatic heterocycles. The van der Waals surface area contributed by atoms with Crippen LogP contribution in [0.5, 0.6) is 0 Å². The van der Waals surface area contributed by atoms with E-state index in [-0.39, 0.29) is 16.5 Å². The van der Waals surface area contributed by atoms with E-state index in [1.807, 2.05) is 13.1 Å². The lowest BCUT2D eigenvalue weighted by atomic mass is 10.2. The minimum Gasteiger partial charge on any atom is -0.399 e. The topological polar surface area (TPSA) is 90.4 Å². The summed E-state index contributed by atoms with van der Waals surface area (Å²) >= 11 is 0. The predicted octanol–water partition coefficient (Wildman–Crippen LogP) is 0.855. The molecule has 1 aliphatic heterocycles. The van der Waals surface area contributed by atoms with Crippen LogP contribution in [0.3, 0.4) is 0 Å². The Labute approximate surface area is 125 Å². The van der Waals surface area contributed by atoms with E-state index in [9.17, 15) is 8.42 Å². The maximum absolute atomic E-state index is 12.6. The summed E-state index contributed by atoms with van der Waals surface area (Å²) in [6.45, 7) is 1.41. The zero-order valence-corrected chi connectivity index (χ0v) is 13.1. The number of nitriles is 1. The Bertz CT molecular complexity index is 666. The second-order valence-electron chi connectivity index (χ2n) is 5.43. The number of rotatable bonds is 4. The average molecular weight is 308 g/mol. The molecule has 1 aromatic rings. The Balaban J connectivity index is 2.27. The number of hydrogen-bond donors (Lipinski definition) is 1. The number of sulfonamides is 1. The summed E-state index contributed by atoms with van der Waals surface area (Å²) in [6, 6.07) is 6.42. The lowest BCUT2D eigenvalue weighted by Crippen LogP contribution is -2.39. The zero-order chi connectivity index (χ0) is 15.6. The highest BCUT2D eigenvalue weighted by molar-refractivity contribution is 7.89. The fourth-order valence-corrected chi connectivity index (χ4v) is 3.96. The third kappa shape index (κ3) is 3.18. The SMILES string of the molecule is CN1CCCC1CN(C)S(=O)(=O)c1ccc(N)cc1C#N. The number of nitrogens with two attached hydrogens (primary N) is 1. The summed E-state index contributed by atoms with van der Waals surface area (Å²) in [6.07, 6.45) is 2.07. The van der Waals surface area contributed by atoms with Gasteiger partial charge in [0.1, 0.15) is 11.0 Å². The van der Waals surface area contributed by atoms with E-state index in [1.54, 1.807) is 7.05 Å². The van der Waals surface area contributed by atoms with Crippen LogP contribution in [0.15, 0.2) is 23.1 Å². The van der Waals surface area contributed by atoms with E-state index in [2.05, 4.69) is 4.90 Å². The highest BCUT2D eigenvalue weighted by Gasteiger charge is 2.29. The van der Waals surface area contributed by atoms with Gasteiger partial charge in [-0.05, 0) is 44.6 Å². The molecule has 0 spiro atoms. The summed E-state index contributed by atoms with van der Waals surface area (Å²) in [5, 5.41) is 9.12. The molecule has 0 aliphatic carbocycles. The van der Waals surface area contributed by atoms with E-state index in [0.717, 1.165) is 19.4 Å². The molecule has 114 valence electrons. The van der Waals surface area contributed by atoms with Crippen LogP contribution in [-0.2, 0) is 10.0 Å². The van der Waals surface area contributed by atoms with Crippen molar-refractivity contribution in [1.29, 1.82) is 5.26 Å². The first-order chi connectivity index (χ1) is 9.86. The quantitative estimate of drug-likeness (QED) is 0.833. The molecule has 1 heterocycles. The van der Waals surface area contributed by atoms with Crippen molar-refractivity contribution >= 4 is 15.7 Å². The molecule has 6 nitrogen and oxygen atoms in total. The van der Waals surface area contributed by atoms with Gasteiger partial charge in [-0.1, -0.05) is 0 Å². The predicted molar refractivity (Wildman–Crippen MR) is 81.0 cm³/mol. The van der Waals surface area contributed by atoms with E-state index < -0.39 is 10.0 Å². The normalized spacial score (nSPS) is 19.8. The van der Waals surface area contributed by atoms with Crippen molar-refractivity contribution in [2.75, 3.05) is 32.9 Å².